The first-order valence-electron chi connectivity index (χ1n) is 9.58. The van der Waals surface area contributed by atoms with Crippen LogP contribution in [-0.4, -0.2) is 42.3 Å². The average Bonchev–Trinajstić information content (AvgIpc) is 2.99. The van der Waals surface area contributed by atoms with Crippen molar-refractivity contribution in [1.29, 1.82) is 0 Å². The predicted octanol–water partition coefficient (Wildman–Crippen LogP) is 3.82. The maximum absolute atomic E-state index is 12.3. The molecular weight excluding hydrogens is 374 g/mol. The van der Waals surface area contributed by atoms with Gasteiger partial charge in [0.2, 0.25) is 5.78 Å². The number of rotatable bonds is 11. The number of esters is 1. The van der Waals surface area contributed by atoms with Gasteiger partial charge in [-0.3, -0.25) is 14.4 Å². The molecule has 1 aromatic carbocycles. The van der Waals surface area contributed by atoms with E-state index in [0.29, 0.717) is 53.6 Å². The first-order chi connectivity index (χ1) is 13.8. The highest BCUT2D eigenvalue weighted by Gasteiger charge is 2.20. The van der Waals surface area contributed by atoms with Crippen LogP contribution >= 0.6 is 0 Å². The molecule has 0 aliphatic carbocycles. The van der Waals surface area contributed by atoms with Crippen LogP contribution in [-0.2, 0) is 9.53 Å². The Balaban J connectivity index is 1.77. The van der Waals surface area contributed by atoms with E-state index >= 15 is 0 Å². The number of carbonyl (C=O) groups is 3. The molecule has 2 rings (SSSR count). The Labute approximate surface area is 170 Å². The smallest absolute Gasteiger partial charge is 0.306 e. The summed E-state index contributed by atoms with van der Waals surface area (Å²) in [7, 11) is 0. The molecule has 7 heteroatoms. The molecule has 7 nitrogen and oxygen atoms in total. The van der Waals surface area contributed by atoms with Crippen molar-refractivity contribution >= 4 is 17.5 Å². The van der Waals surface area contributed by atoms with Crippen molar-refractivity contribution in [3.05, 3.63) is 46.8 Å². The maximum atomic E-state index is 12.3. The van der Waals surface area contributed by atoms with Crippen LogP contribution in [0.5, 0.6) is 11.5 Å². The van der Waals surface area contributed by atoms with Gasteiger partial charge < -0.3 is 19.2 Å². The molecule has 0 fully saturated rings. The third-order valence-corrected chi connectivity index (χ3v) is 4.36. The number of H-pyrrole nitrogens is 1. The lowest BCUT2D eigenvalue weighted by molar-refractivity contribution is -0.142. The van der Waals surface area contributed by atoms with Gasteiger partial charge >= 0.3 is 5.97 Å². The zero-order valence-corrected chi connectivity index (χ0v) is 17.3. The van der Waals surface area contributed by atoms with Crippen LogP contribution in [0.3, 0.4) is 0 Å². The Kier molecular flexibility index (Phi) is 8.00. The van der Waals surface area contributed by atoms with Crippen molar-refractivity contribution in [2.75, 3.05) is 19.8 Å². The lowest BCUT2D eigenvalue weighted by Gasteiger charge is -2.11. The fourth-order valence-corrected chi connectivity index (χ4v) is 3.09. The number of ketones is 2. The Hall–Kier alpha value is -3.09. The van der Waals surface area contributed by atoms with E-state index in [2.05, 4.69) is 4.98 Å². The largest absolute Gasteiger partial charge is 0.490 e. The summed E-state index contributed by atoms with van der Waals surface area (Å²) < 4.78 is 16.2. The summed E-state index contributed by atoms with van der Waals surface area (Å²) in [4.78, 5) is 38.8. The van der Waals surface area contributed by atoms with Gasteiger partial charge in [0.1, 0.15) is 0 Å². The minimum atomic E-state index is -0.479. The van der Waals surface area contributed by atoms with Crippen molar-refractivity contribution in [2.45, 2.75) is 40.5 Å². The van der Waals surface area contributed by atoms with E-state index in [-0.39, 0.29) is 24.6 Å². The van der Waals surface area contributed by atoms with Gasteiger partial charge in [-0.15, -0.1) is 0 Å². The number of aromatic nitrogens is 1. The molecule has 0 radical (unpaired) electrons. The highest BCUT2D eigenvalue weighted by molar-refractivity contribution is 6.04. The fraction of sp³-hybridized carbons (Fsp3) is 0.409. The van der Waals surface area contributed by atoms with Crippen molar-refractivity contribution in [3.8, 4) is 11.5 Å². The third kappa shape index (κ3) is 5.94. The fourth-order valence-electron chi connectivity index (χ4n) is 3.09. The summed E-state index contributed by atoms with van der Waals surface area (Å²) in [5.41, 5.74) is 2.02. The number of nitrogens with one attached hydrogen (secondary N) is 1. The molecule has 0 saturated heterocycles. The second-order valence-corrected chi connectivity index (χ2v) is 6.60. The lowest BCUT2D eigenvalue weighted by Crippen LogP contribution is -2.16. The molecule has 0 unspecified atom stereocenters. The van der Waals surface area contributed by atoms with Crippen LogP contribution in [0, 0.1) is 13.8 Å². The normalized spacial score (nSPS) is 10.5. The highest BCUT2D eigenvalue weighted by atomic mass is 16.5. The third-order valence-electron chi connectivity index (χ3n) is 4.36. The number of hydrogen-bond acceptors (Lipinski definition) is 6. The molecule has 1 heterocycles. The predicted molar refractivity (Wildman–Crippen MR) is 108 cm³/mol. The van der Waals surface area contributed by atoms with E-state index in [0.717, 1.165) is 0 Å². The van der Waals surface area contributed by atoms with Crippen LogP contribution in [0.2, 0.25) is 0 Å². The molecule has 0 atom stereocenters. The minimum absolute atomic E-state index is 0.113. The molecule has 2 aromatic rings. The summed E-state index contributed by atoms with van der Waals surface area (Å²) >= 11 is 0. The van der Waals surface area contributed by atoms with Gasteiger partial charge in [-0.25, -0.2) is 0 Å². The van der Waals surface area contributed by atoms with Gasteiger partial charge in [0.05, 0.1) is 18.9 Å². The molecule has 0 amide bonds. The zero-order chi connectivity index (χ0) is 21.4. The van der Waals surface area contributed by atoms with Gasteiger partial charge in [-0.05, 0) is 51.8 Å². The minimum Gasteiger partial charge on any atom is -0.490 e. The van der Waals surface area contributed by atoms with E-state index in [1.165, 1.54) is 6.92 Å². The summed E-state index contributed by atoms with van der Waals surface area (Å²) in [6.07, 6.45) is 0.577. The molecular formula is C22H27NO6. The van der Waals surface area contributed by atoms with Crippen LogP contribution in [0.4, 0.5) is 0 Å². The van der Waals surface area contributed by atoms with Crippen molar-refractivity contribution < 1.29 is 28.6 Å². The van der Waals surface area contributed by atoms with Gasteiger partial charge in [0.15, 0.2) is 23.9 Å². The van der Waals surface area contributed by atoms with Gasteiger partial charge in [0.25, 0.3) is 0 Å². The number of para-hydroxylation sites is 2. The van der Waals surface area contributed by atoms with Crippen LogP contribution in [0.25, 0.3) is 0 Å². The summed E-state index contributed by atoms with van der Waals surface area (Å²) in [5, 5.41) is 0. The SMILES string of the molecule is CCOc1ccccc1OCCCC(=O)OCC(=O)c1[nH]c(C)c(C(C)=O)c1C. The topological polar surface area (TPSA) is 94.7 Å². The quantitative estimate of drug-likeness (QED) is 0.349. The standard InChI is InChI=1S/C22H27NO6/c1-5-27-18-9-6-7-10-19(18)28-12-8-11-20(26)29-13-17(25)22-14(2)21(16(4)24)15(3)23-22/h6-7,9-10,23H,5,8,11-13H2,1-4H3. The second kappa shape index (κ2) is 10.5. The van der Waals surface area contributed by atoms with Crippen molar-refractivity contribution in [2.24, 2.45) is 0 Å². The van der Waals surface area contributed by atoms with Crippen LogP contribution in [0.15, 0.2) is 24.3 Å². The molecule has 0 bridgehead atoms. The number of carbonyl (C=O) groups excluding carboxylic acids is 3. The monoisotopic (exact) mass is 401 g/mol. The summed E-state index contributed by atoms with van der Waals surface area (Å²) in [6.45, 7) is 7.27. The van der Waals surface area contributed by atoms with E-state index < -0.39 is 5.97 Å². The Morgan fingerprint density at radius 1 is 1.03 bits per heavy atom. The number of Topliss-reactive ketones (excluding diaryl/α,β-unsaturated/α-hetero) is 2. The van der Waals surface area contributed by atoms with E-state index in [1.807, 2.05) is 25.1 Å². The molecule has 1 N–H and O–H groups in total. The molecule has 156 valence electrons. The van der Waals surface area contributed by atoms with Gasteiger partial charge in [-0.2, -0.15) is 0 Å². The molecule has 0 aliphatic rings. The number of aryl methyl sites for hydroxylation is 1. The Bertz CT molecular complexity index is 883. The Morgan fingerprint density at radius 3 is 2.28 bits per heavy atom. The van der Waals surface area contributed by atoms with E-state index in [1.54, 1.807) is 19.9 Å². The molecule has 0 spiro atoms. The second-order valence-electron chi connectivity index (χ2n) is 6.60. The van der Waals surface area contributed by atoms with Gasteiger partial charge in [0, 0.05) is 17.7 Å². The molecule has 0 aliphatic heterocycles. The summed E-state index contributed by atoms with van der Waals surface area (Å²) in [6, 6.07) is 7.33. The average molecular weight is 401 g/mol. The highest BCUT2D eigenvalue weighted by Crippen LogP contribution is 2.26. The first-order valence-corrected chi connectivity index (χ1v) is 9.58. The Morgan fingerprint density at radius 2 is 1.69 bits per heavy atom. The van der Waals surface area contributed by atoms with Crippen molar-refractivity contribution in [1.82, 2.24) is 4.98 Å². The maximum Gasteiger partial charge on any atom is 0.306 e. The first kappa shape index (κ1) is 22.2. The van der Waals surface area contributed by atoms with Gasteiger partial charge in [-0.1, -0.05) is 12.1 Å². The number of aromatic amines is 1. The zero-order valence-electron chi connectivity index (χ0n) is 17.3. The van der Waals surface area contributed by atoms with Crippen molar-refractivity contribution in [3.63, 3.8) is 0 Å². The summed E-state index contributed by atoms with van der Waals surface area (Å²) in [5.74, 6) is 0.320. The number of benzene rings is 1. The molecule has 1 aromatic heterocycles. The number of hydrogen-bond donors (Lipinski definition) is 1. The van der Waals surface area contributed by atoms with Crippen LogP contribution in [0.1, 0.15) is 58.8 Å². The van der Waals surface area contributed by atoms with E-state index in [4.69, 9.17) is 14.2 Å². The molecule has 0 saturated carbocycles. The number of ether oxygens (including phenoxy) is 3. The van der Waals surface area contributed by atoms with Crippen LogP contribution < -0.4 is 9.47 Å². The van der Waals surface area contributed by atoms with E-state index in [9.17, 15) is 14.4 Å². The lowest BCUT2D eigenvalue weighted by atomic mass is 10.1. The molecule has 29 heavy (non-hydrogen) atoms.